The summed E-state index contributed by atoms with van der Waals surface area (Å²) >= 11 is 2.99. The number of hydrogen-bond acceptors (Lipinski definition) is 10. The van der Waals surface area contributed by atoms with Crippen molar-refractivity contribution in [2.24, 2.45) is 0 Å². The van der Waals surface area contributed by atoms with Gasteiger partial charge in [-0.15, -0.1) is 10.2 Å². The highest BCUT2D eigenvalue weighted by Gasteiger charge is 2.26. The molecule has 4 aromatic rings. The number of rotatable bonds is 7. The zero-order valence-electron chi connectivity index (χ0n) is 17.3. The molecule has 32 heavy (non-hydrogen) atoms. The Bertz CT molecular complexity index is 1180. The maximum absolute atomic E-state index is 12.6. The standard InChI is InChI=1S/C21H21N7O2S2/c1-30-17(13-5-3-2-4-6-13)18(29)25-20-27-26-19(32-20)23-14-8-10-28(12-14)21-24-15-11-22-9-7-16(15)31-21/h2-7,9,11,14,17H,8,10,12H2,1H3,(H,23,26)(H,25,27,29)/t14-,17-/m1/s1. The molecule has 0 unspecified atom stereocenters. The molecule has 1 aliphatic heterocycles. The summed E-state index contributed by atoms with van der Waals surface area (Å²) in [7, 11) is 1.51. The van der Waals surface area contributed by atoms with Crippen LogP contribution >= 0.6 is 22.7 Å². The number of methoxy groups -OCH3 is 1. The Morgan fingerprint density at radius 3 is 2.84 bits per heavy atom. The van der Waals surface area contributed by atoms with E-state index in [-0.39, 0.29) is 11.9 Å². The van der Waals surface area contributed by atoms with Crippen molar-refractivity contribution in [3.05, 3.63) is 54.4 Å². The van der Waals surface area contributed by atoms with Gasteiger partial charge in [-0.2, -0.15) is 0 Å². The summed E-state index contributed by atoms with van der Waals surface area (Å²) < 4.78 is 6.51. The second-order valence-corrected chi connectivity index (χ2v) is 9.33. The van der Waals surface area contributed by atoms with Crippen molar-refractivity contribution in [2.45, 2.75) is 18.6 Å². The van der Waals surface area contributed by atoms with Gasteiger partial charge in [0.15, 0.2) is 11.2 Å². The highest BCUT2D eigenvalue weighted by molar-refractivity contribution is 7.22. The van der Waals surface area contributed by atoms with Crippen LogP contribution in [0.5, 0.6) is 0 Å². The first-order valence-electron chi connectivity index (χ1n) is 10.1. The number of fused-ring (bicyclic) bond motifs is 1. The van der Waals surface area contributed by atoms with Gasteiger partial charge >= 0.3 is 0 Å². The Morgan fingerprint density at radius 1 is 1.19 bits per heavy atom. The predicted molar refractivity (Wildman–Crippen MR) is 126 cm³/mol. The molecule has 2 N–H and O–H groups in total. The summed E-state index contributed by atoms with van der Waals surface area (Å²) in [4.78, 5) is 23.7. The van der Waals surface area contributed by atoms with E-state index >= 15 is 0 Å². The number of thiazole rings is 1. The fraction of sp³-hybridized carbons (Fsp3) is 0.286. The lowest BCUT2D eigenvalue weighted by atomic mass is 10.1. The van der Waals surface area contributed by atoms with Gasteiger partial charge < -0.3 is 15.0 Å². The predicted octanol–water partition coefficient (Wildman–Crippen LogP) is 3.56. The third kappa shape index (κ3) is 4.40. The molecule has 11 heteroatoms. The molecule has 1 aliphatic rings. The third-order valence-electron chi connectivity index (χ3n) is 5.20. The third-order valence-corrected chi connectivity index (χ3v) is 7.06. The SMILES string of the molecule is CO[C@@H](C(=O)Nc1nnc(N[C@@H]2CCN(c3nc4cnccc4s3)C2)s1)c1ccccc1. The largest absolute Gasteiger partial charge is 0.367 e. The van der Waals surface area contributed by atoms with Crippen LogP contribution in [0.4, 0.5) is 15.4 Å². The van der Waals surface area contributed by atoms with E-state index in [0.717, 1.165) is 40.4 Å². The molecule has 1 amide bonds. The molecule has 0 radical (unpaired) electrons. The second kappa shape index (κ2) is 9.15. The Hall–Kier alpha value is -3.15. The quantitative estimate of drug-likeness (QED) is 0.425. The van der Waals surface area contributed by atoms with Crippen molar-refractivity contribution in [1.82, 2.24) is 20.2 Å². The summed E-state index contributed by atoms with van der Waals surface area (Å²) in [6.07, 6.45) is 3.85. The van der Waals surface area contributed by atoms with E-state index in [1.165, 1.54) is 18.4 Å². The number of benzene rings is 1. The van der Waals surface area contributed by atoms with Crippen LogP contribution in [0.2, 0.25) is 0 Å². The Balaban J connectivity index is 1.19. The number of ether oxygens (including phenoxy) is 1. The zero-order valence-corrected chi connectivity index (χ0v) is 18.9. The summed E-state index contributed by atoms with van der Waals surface area (Å²) in [6.45, 7) is 1.74. The number of nitrogens with one attached hydrogen (secondary N) is 2. The number of pyridine rings is 1. The summed E-state index contributed by atoms with van der Waals surface area (Å²) in [6, 6.07) is 11.6. The lowest BCUT2D eigenvalue weighted by molar-refractivity contribution is -0.126. The minimum absolute atomic E-state index is 0.229. The molecular weight excluding hydrogens is 446 g/mol. The summed E-state index contributed by atoms with van der Waals surface area (Å²) in [5.41, 5.74) is 1.71. The van der Waals surface area contributed by atoms with Gasteiger partial charge in [-0.25, -0.2) is 4.98 Å². The van der Waals surface area contributed by atoms with Crippen LogP contribution in [0.1, 0.15) is 18.1 Å². The van der Waals surface area contributed by atoms with Crippen LogP contribution < -0.4 is 15.5 Å². The molecule has 2 atom stereocenters. The number of anilines is 3. The van der Waals surface area contributed by atoms with E-state index in [2.05, 4.69) is 30.7 Å². The van der Waals surface area contributed by atoms with Gasteiger partial charge in [0.2, 0.25) is 10.3 Å². The van der Waals surface area contributed by atoms with E-state index in [1.807, 2.05) is 36.4 Å². The second-order valence-electron chi connectivity index (χ2n) is 7.34. The molecule has 1 fully saturated rings. The molecule has 0 bridgehead atoms. The monoisotopic (exact) mass is 467 g/mol. The molecule has 0 spiro atoms. The van der Waals surface area contributed by atoms with Gasteiger partial charge in [-0.05, 0) is 18.1 Å². The molecule has 0 aliphatic carbocycles. The maximum atomic E-state index is 12.6. The van der Waals surface area contributed by atoms with E-state index < -0.39 is 6.10 Å². The van der Waals surface area contributed by atoms with Crippen molar-refractivity contribution in [3.8, 4) is 0 Å². The van der Waals surface area contributed by atoms with Crippen molar-refractivity contribution in [2.75, 3.05) is 35.7 Å². The first-order valence-corrected chi connectivity index (χ1v) is 11.8. The van der Waals surface area contributed by atoms with Crippen LogP contribution in [-0.2, 0) is 9.53 Å². The van der Waals surface area contributed by atoms with Crippen molar-refractivity contribution < 1.29 is 9.53 Å². The zero-order chi connectivity index (χ0) is 21.9. The number of amides is 1. The minimum atomic E-state index is -0.705. The number of hydrogen-bond donors (Lipinski definition) is 2. The van der Waals surface area contributed by atoms with Crippen LogP contribution in [0.3, 0.4) is 0 Å². The number of carbonyl (C=O) groups excluding carboxylic acids is 1. The van der Waals surface area contributed by atoms with Gasteiger partial charge in [-0.3, -0.25) is 15.1 Å². The Kier molecular flexibility index (Phi) is 5.93. The first kappa shape index (κ1) is 20.7. The number of aromatic nitrogens is 4. The van der Waals surface area contributed by atoms with Gasteiger partial charge in [0.05, 0.1) is 10.9 Å². The fourth-order valence-electron chi connectivity index (χ4n) is 3.65. The topological polar surface area (TPSA) is 105 Å². The van der Waals surface area contributed by atoms with E-state index in [0.29, 0.717) is 10.3 Å². The van der Waals surface area contributed by atoms with E-state index in [4.69, 9.17) is 9.72 Å². The van der Waals surface area contributed by atoms with Gasteiger partial charge in [0.25, 0.3) is 5.91 Å². The highest BCUT2D eigenvalue weighted by atomic mass is 32.1. The highest BCUT2D eigenvalue weighted by Crippen LogP contribution is 2.31. The first-order chi connectivity index (χ1) is 15.7. The average molecular weight is 468 g/mol. The van der Waals surface area contributed by atoms with Crippen LogP contribution in [0.15, 0.2) is 48.8 Å². The molecule has 0 saturated carbocycles. The summed E-state index contributed by atoms with van der Waals surface area (Å²) in [5.74, 6) is -0.279. The lowest BCUT2D eigenvalue weighted by Gasteiger charge is -2.15. The molecule has 164 valence electrons. The Morgan fingerprint density at radius 2 is 2.03 bits per heavy atom. The van der Waals surface area contributed by atoms with Gasteiger partial charge in [0.1, 0.15) is 5.52 Å². The number of nitrogens with zero attached hydrogens (tertiary/aromatic N) is 5. The normalized spacial score (nSPS) is 16.9. The van der Waals surface area contributed by atoms with Crippen LogP contribution in [-0.4, -0.2) is 52.3 Å². The Labute approximate surface area is 192 Å². The minimum Gasteiger partial charge on any atom is -0.367 e. The molecule has 1 aromatic carbocycles. The number of carbonyl (C=O) groups is 1. The van der Waals surface area contributed by atoms with Crippen molar-refractivity contribution in [1.29, 1.82) is 0 Å². The fourth-order valence-corrected chi connectivity index (χ4v) is 5.35. The molecule has 5 rings (SSSR count). The molecule has 4 heterocycles. The maximum Gasteiger partial charge on any atom is 0.259 e. The van der Waals surface area contributed by atoms with Crippen LogP contribution in [0, 0.1) is 0 Å². The van der Waals surface area contributed by atoms with Gasteiger partial charge in [-0.1, -0.05) is 53.0 Å². The van der Waals surface area contributed by atoms with E-state index in [1.54, 1.807) is 23.7 Å². The summed E-state index contributed by atoms with van der Waals surface area (Å²) in [5, 5.41) is 16.6. The average Bonchev–Trinajstić information content (AvgIpc) is 3.55. The lowest BCUT2D eigenvalue weighted by Crippen LogP contribution is -2.25. The molecule has 1 saturated heterocycles. The van der Waals surface area contributed by atoms with E-state index in [9.17, 15) is 4.79 Å². The van der Waals surface area contributed by atoms with Gasteiger partial charge in [0, 0.05) is 32.4 Å². The van der Waals surface area contributed by atoms with Crippen LogP contribution in [0.25, 0.3) is 10.2 Å². The molecular formula is C21H21N7O2S2. The molecule has 3 aromatic heterocycles. The van der Waals surface area contributed by atoms with Crippen molar-refractivity contribution in [3.63, 3.8) is 0 Å². The van der Waals surface area contributed by atoms with Crippen molar-refractivity contribution >= 4 is 54.2 Å². The smallest absolute Gasteiger partial charge is 0.259 e. The molecule has 9 nitrogen and oxygen atoms in total.